The fraction of sp³-hybridized carbons (Fsp3) is 0.143. The van der Waals surface area contributed by atoms with Gasteiger partial charge >= 0.3 is 6.09 Å². The van der Waals surface area contributed by atoms with E-state index in [9.17, 15) is 18.0 Å². The Balaban J connectivity index is 1.82. The van der Waals surface area contributed by atoms with Crippen LogP contribution < -0.4 is 16.8 Å². The molecule has 2 aromatic heterocycles. The van der Waals surface area contributed by atoms with Crippen molar-refractivity contribution in [3.05, 3.63) is 64.1 Å². The van der Waals surface area contributed by atoms with Crippen LogP contribution in [0.3, 0.4) is 0 Å². The number of carbonyl (C=O) groups is 1. The fourth-order valence-corrected chi connectivity index (χ4v) is 3.48. The van der Waals surface area contributed by atoms with Crippen molar-refractivity contribution in [3.8, 4) is 5.95 Å². The number of ether oxygens (including phenoxy) is 1. The third-order valence-corrected chi connectivity index (χ3v) is 5.08. The number of carbonyl (C=O) groups excluding carboxylic acids is 1. The molecule has 0 fully saturated rings. The second-order valence-electron chi connectivity index (χ2n) is 7.03. The normalized spacial score (nSPS) is 11.1. The van der Waals surface area contributed by atoms with Gasteiger partial charge in [0.1, 0.15) is 11.5 Å². The van der Waals surface area contributed by atoms with E-state index < -0.39 is 29.1 Å². The molecule has 4 aromatic rings. The van der Waals surface area contributed by atoms with Crippen molar-refractivity contribution in [2.24, 2.45) is 0 Å². The zero-order chi connectivity index (χ0) is 24.6. The zero-order valence-electron chi connectivity index (χ0n) is 17.6. The average molecular weight is 492 g/mol. The second kappa shape index (κ2) is 9.06. The van der Waals surface area contributed by atoms with E-state index in [0.29, 0.717) is 22.0 Å². The van der Waals surface area contributed by atoms with Gasteiger partial charge in [-0.05, 0) is 37.3 Å². The Kier molecular flexibility index (Phi) is 6.16. The van der Waals surface area contributed by atoms with Crippen LogP contribution in [0.25, 0.3) is 16.9 Å². The van der Waals surface area contributed by atoms with Crippen LogP contribution in [0.5, 0.6) is 0 Å². The summed E-state index contributed by atoms with van der Waals surface area (Å²) in [6.07, 6.45) is -1.18. The Hall–Kier alpha value is -4.06. The number of fused-ring (bicyclic) bond motifs is 1. The van der Waals surface area contributed by atoms with Gasteiger partial charge in [0.05, 0.1) is 17.8 Å². The molecule has 34 heavy (non-hydrogen) atoms. The number of benzene rings is 2. The summed E-state index contributed by atoms with van der Waals surface area (Å²) >= 11 is 6.11. The topological polar surface area (TPSA) is 134 Å². The largest absolute Gasteiger partial charge is 0.450 e. The van der Waals surface area contributed by atoms with E-state index in [1.54, 1.807) is 19.1 Å². The predicted octanol–water partition coefficient (Wildman–Crippen LogP) is 4.21. The quantitative estimate of drug-likeness (QED) is 0.356. The molecule has 2 heterocycles. The number of nitrogens with two attached hydrogens (primary N) is 2. The molecule has 0 atom stereocenters. The molecular formula is C21H17ClF3N7O2. The third kappa shape index (κ3) is 4.27. The zero-order valence-corrected chi connectivity index (χ0v) is 18.3. The number of nitrogen functional groups attached to an aromatic ring is 2. The Morgan fingerprint density at radius 1 is 1.12 bits per heavy atom. The van der Waals surface area contributed by atoms with Gasteiger partial charge in [-0.1, -0.05) is 11.6 Å². The molecule has 4 rings (SSSR count). The minimum absolute atomic E-state index is 0.0502. The van der Waals surface area contributed by atoms with Gasteiger partial charge in [-0.25, -0.2) is 18.0 Å². The minimum atomic E-state index is -1.32. The first-order valence-electron chi connectivity index (χ1n) is 9.86. The summed E-state index contributed by atoms with van der Waals surface area (Å²) in [7, 11) is 0. The van der Waals surface area contributed by atoms with Gasteiger partial charge in [0.25, 0.3) is 5.95 Å². The van der Waals surface area contributed by atoms with Gasteiger partial charge in [0.15, 0.2) is 23.3 Å². The predicted molar refractivity (Wildman–Crippen MR) is 120 cm³/mol. The lowest BCUT2D eigenvalue weighted by Gasteiger charge is -2.11. The first-order valence-corrected chi connectivity index (χ1v) is 10.2. The number of hydrogen-bond donors (Lipinski definition) is 3. The van der Waals surface area contributed by atoms with E-state index in [1.807, 2.05) is 0 Å². The minimum Gasteiger partial charge on any atom is -0.450 e. The molecule has 0 spiro atoms. The molecular weight excluding hydrogens is 475 g/mol. The van der Waals surface area contributed by atoms with Crippen LogP contribution in [-0.4, -0.2) is 32.4 Å². The number of rotatable bonds is 5. The van der Waals surface area contributed by atoms with E-state index >= 15 is 0 Å². The molecule has 13 heteroatoms. The van der Waals surface area contributed by atoms with Gasteiger partial charge < -0.3 is 16.2 Å². The van der Waals surface area contributed by atoms with Gasteiger partial charge in [-0.3, -0.25) is 5.32 Å². The maximum atomic E-state index is 14.3. The van der Waals surface area contributed by atoms with Crippen LogP contribution in [0.2, 0.25) is 5.02 Å². The van der Waals surface area contributed by atoms with Crippen molar-refractivity contribution in [2.45, 2.75) is 13.3 Å². The van der Waals surface area contributed by atoms with Crippen molar-refractivity contribution >= 4 is 45.9 Å². The van der Waals surface area contributed by atoms with E-state index in [0.717, 1.165) is 6.07 Å². The van der Waals surface area contributed by atoms with Gasteiger partial charge in [-0.2, -0.15) is 19.7 Å². The second-order valence-corrected chi connectivity index (χ2v) is 7.47. The van der Waals surface area contributed by atoms with Crippen LogP contribution in [0.15, 0.2) is 30.3 Å². The van der Waals surface area contributed by atoms with Crippen LogP contribution in [0, 0.1) is 17.5 Å². The molecule has 1 amide bonds. The summed E-state index contributed by atoms with van der Waals surface area (Å²) in [5, 5.41) is 7.48. The number of nitrogens with one attached hydrogen (secondary N) is 1. The van der Waals surface area contributed by atoms with E-state index in [2.05, 4.69) is 20.4 Å². The van der Waals surface area contributed by atoms with Crippen LogP contribution in [-0.2, 0) is 11.2 Å². The van der Waals surface area contributed by atoms with Crippen molar-refractivity contribution in [2.75, 3.05) is 23.4 Å². The molecule has 0 aliphatic rings. The lowest BCUT2D eigenvalue weighted by molar-refractivity contribution is 0.168. The summed E-state index contributed by atoms with van der Waals surface area (Å²) in [5.41, 5.74) is 12.0. The van der Waals surface area contributed by atoms with E-state index in [-0.39, 0.29) is 42.0 Å². The average Bonchev–Trinajstić information content (AvgIpc) is 3.14. The van der Waals surface area contributed by atoms with Crippen molar-refractivity contribution in [3.63, 3.8) is 0 Å². The number of halogens is 4. The highest BCUT2D eigenvalue weighted by atomic mass is 35.5. The van der Waals surface area contributed by atoms with E-state index in [1.165, 1.54) is 10.7 Å². The van der Waals surface area contributed by atoms with Crippen LogP contribution in [0.4, 0.5) is 35.3 Å². The number of amides is 1. The van der Waals surface area contributed by atoms with Crippen molar-refractivity contribution < 1.29 is 22.7 Å². The molecule has 0 saturated heterocycles. The molecule has 0 radical (unpaired) electrons. The SMILES string of the molecule is CCOC(=O)Nc1c(N)nc(-n2nc(Cc3c(F)ccc(F)c3F)c3cc(Cl)ccc32)nc1N. The summed E-state index contributed by atoms with van der Waals surface area (Å²) in [6.45, 7) is 1.75. The molecule has 2 aromatic carbocycles. The maximum absolute atomic E-state index is 14.3. The Morgan fingerprint density at radius 3 is 2.47 bits per heavy atom. The Bertz CT molecular complexity index is 1400. The molecule has 5 N–H and O–H groups in total. The van der Waals surface area contributed by atoms with Gasteiger partial charge in [-0.15, -0.1) is 0 Å². The summed E-state index contributed by atoms with van der Waals surface area (Å²) in [5.74, 6) is -3.85. The van der Waals surface area contributed by atoms with Crippen molar-refractivity contribution in [1.29, 1.82) is 0 Å². The van der Waals surface area contributed by atoms with E-state index in [4.69, 9.17) is 27.8 Å². The molecule has 0 bridgehead atoms. The Labute approximate surface area is 195 Å². The number of anilines is 3. The molecule has 0 unspecified atom stereocenters. The summed E-state index contributed by atoms with van der Waals surface area (Å²) < 4.78 is 48.3. The monoisotopic (exact) mass is 491 g/mol. The Morgan fingerprint density at radius 2 is 1.79 bits per heavy atom. The fourth-order valence-electron chi connectivity index (χ4n) is 3.31. The standard InChI is InChI=1S/C21H17ClF3N7O2/c1-2-34-21(33)28-17-18(26)29-20(30-19(17)27)32-15-6-3-9(22)7-11(15)14(31-32)8-10-12(23)4-5-13(24)16(10)25/h3-7H,2,8H2,1H3,(H,28,33)(H4,26,27,29,30). The molecule has 176 valence electrons. The molecule has 0 aliphatic carbocycles. The van der Waals surface area contributed by atoms with Crippen molar-refractivity contribution in [1.82, 2.24) is 19.7 Å². The molecule has 0 saturated carbocycles. The first-order chi connectivity index (χ1) is 16.2. The third-order valence-electron chi connectivity index (χ3n) is 4.85. The first kappa shape index (κ1) is 23.1. The highest BCUT2D eigenvalue weighted by molar-refractivity contribution is 6.31. The maximum Gasteiger partial charge on any atom is 0.411 e. The van der Waals surface area contributed by atoms with Gasteiger partial charge in [0, 0.05) is 22.4 Å². The smallest absolute Gasteiger partial charge is 0.411 e. The van der Waals surface area contributed by atoms with Gasteiger partial charge in [0.2, 0.25) is 0 Å². The van der Waals surface area contributed by atoms with Crippen LogP contribution >= 0.6 is 11.6 Å². The summed E-state index contributed by atoms with van der Waals surface area (Å²) in [6, 6.07) is 6.23. The lowest BCUT2D eigenvalue weighted by atomic mass is 10.1. The number of hydrogen-bond acceptors (Lipinski definition) is 7. The van der Waals surface area contributed by atoms with Crippen LogP contribution in [0.1, 0.15) is 18.2 Å². The number of nitrogens with zero attached hydrogens (tertiary/aromatic N) is 4. The highest BCUT2D eigenvalue weighted by Gasteiger charge is 2.21. The molecule has 0 aliphatic heterocycles. The number of aromatic nitrogens is 4. The lowest BCUT2D eigenvalue weighted by Crippen LogP contribution is -2.18. The summed E-state index contributed by atoms with van der Waals surface area (Å²) in [4.78, 5) is 20.0. The molecule has 9 nitrogen and oxygen atoms in total. The highest BCUT2D eigenvalue weighted by Crippen LogP contribution is 2.30.